The van der Waals surface area contributed by atoms with Gasteiger partial charge in [-0.05, 0) is 162 Å². The van der Waals surface area contributed by atoms with E-state index in [4.69, 9.17) is 75.4 Å². The van der Waals surface area contributed by atoms with Crippen LogP contribution in [0.1, 0.15) is 194 Å². The lowest BCUT2D eigenvalue weighted by atomic mass is 9.94. The summed E-state index contributed by atoms with van der Waals surface area (Å²) in [6.07, 6.45) is 13.3. The Kier molecular flexibility index (Phi) is 45.1. The van der Waals surface area contributed by atoms with Gasteiger partial charge < -0.3 is 110 Å². The highest BCUT2D eigenvalue weighted by atomic mass is 31.2. The Hall–Kier alpha value is -9.00. The maximum absolute atomic E-state index is 12.2. The van der Waals surface area contributed by atoms with Crippen LogP contribution in [-0.2, 0) is 137 Å². The molecule has 8 aliphatic heterocycles. The molecule has 0 spiro atoms. The maximum Gasteiger partial charge on any atom is 0.342 e. The molecule has 38 heteroatoms. The number of phenols is 4. The number of methoxy groups -OCH3 is 1. The Balaban J connectivity index is 0.000000215. The summed E-state index contributed by atoms with van der Waals surface area (Å²) in [6, 6.07) is 0. The molecule has 8 heterocycles. The van der Waals surface area contributed by atoms with Gasteiger partial charge in [0.05, 0.1) is 86.0 Å². The van der Waals surface area contributed by atoms with Crippen molar-refractivity contribution in [3.63, 3.8) is 0 Å². The molecule has 2 atom stereocenters. The number of fused-ring (bicyclic) bond motifs is 4. The van der Waals surface area contributed by atoms with Crippen LogP contribution >= 0.6 is 33.2 Å². The van der Waals surface area contributed by atoms with Crippen LogP contribution in [0.2, 0.25) is 0 Å². The molecule has 0 radical (unpaired) electrons. The molecule has 8 aliphatic rings. The van der Waals surface area contributed by atoms with Gasteiger partial charge in [0.2, 0.25) is 0 Å². The number of allylic oxidation sites excluding steroid dienone is 8. The fourth-order valence-electron chi connectivity index (χ4n) is 15.5. The minimum atomic E-state index is -2.47. The van der Waals surface area contributed by atoms with Crippen molar-refractivity contribution < 1.29 is 148 Å². The molecule has 134 heavy (non-hydrogen) atoms. The third kappa shape index (κ3) is 33.4. The molecule has 4 saturated heterocycles. The van der Waals surface area contributed by atoms with Crippen molar-refractivity contribution in [1.82, 2.24) is 14.7 Å². The summed E-state index contributed by atoms with van der Waals surface area (Å²) in [5.41, 5.74) is 12.4. The van der Waals surface area contributed by atoms with E-state index in [1.54, 1.807) is 54.5 Å². The Bertz CT molecular complexity index is 4770. The minimum absolute atomic E-state index is 0.0224. The van der Waals surface area contributed by atoms with Gasteiger partial charge in [0.1, 0.15) is 154 Å². The van der Waals surface area contributed by atoms with Crippen LogP contribution in [0.5, 0.6) is 46.0 Å². The molecule has 0 aromatic heterocycles. The van der Waals surface area contributed by atoms with E-state index >= 15 is 0 Å². The molecule has 4 aromatic carbocycles. The third-order valence-electron chi connectivity index (χ3n) is 24.3. The number of hydrogen-bond acceptors (Lipinski definition) is 33. The van der Waals surface area contributed by atoms with Crippen molar-refractivity contribution in [3.8, 4) is 46.0 Å². The molecule has 0 saturated carbocycles. The zero-order chi connectivity index (χ0) is 97.9. The Labute approximate surface area is 791 Å². The number of morpholine rings is 4. The Morgan fingerprint density at radius 2 is 0.687 bits per heavy atom. The fraction of sp³-hybridized carbons (Fsp3) is 0.583. The quantitative estimate of drug-likeness (QED) is 0.0120. The predicted octanol–water partition coefficient (Wildman–Crippen LogP) is 11.6. The highest BCUT2D eigenvalue weighted by Crippen LogP contribution is 2.48. The van der Waals surface area contributed by atoms with Crippen molar-refractivity contribution >= 4 is 81.0 Å². The molecule has 742 valence electrons. The van der Waals surface area contributed by atoms with Gasteiger partial charge in [-0.3, -0.25) is 33.9 Å². The SMILES string of the molecule is C/C(=C\Cc1c(O)c(C)c2c(c1OP)C(=O)OC2)CCC(=O)OCCN1CCOCC1.C/C(=C\Cc1c(O)c(C)c2c(c1OP)C(=O)OC2)CCC(=O)OCCN1CCOCC1.C/C(=C\Cc1c(O)c2c(c(C)c1OCP(C)(C)=O)COC2=O)CCC(=O)OCC[NH+]1CCOCC1.CCP(C)(C)=O.COc1c(C)c2c(c(O)c1C/C=C(\C)CCC(=O)OCCN1CCOCC1)C(=O)OC2. The summed E-state index contributed by atoms with van der Waals surface area (Å²) in [7, 11) is 1.68. The topological polar surface area (TPSA) is 413 Å². The first kappa shape index (κ1) is 110. The Morgan fingerprint density at radius 3 is 0.993 bits per heavy atom. The van der Waals surface area contributed by atoms with E-state index in [0.717, 1.165) is 165 Å². The standard InChI is InChI=1S/C25H36NO8P.C23H31NO7.2C22H30NO7P.C4H11OP/c1-17(6-8-21(27)32-14-11-26-9-12-31-13-10-26)5-7-19-23(28)22-20(15-33-25(22)29)18(2)24(19)34-16-35(3,4)30;1-15(5-7-19(25)30-13-10-24-8-11-29-12-9-24)4-6-17-21(26)20-18(14-31-23(20)27)16(2)22(17)28-3;2*1-14(4-6-18(24)28-12-9-23-7-10-27-11-8-23)3-5-16-20(25)15(2)17-13-29-22(26)19(17)21(16)30-31;1-4-6(2,3)5/h5,28H,6-16H2,1-4H3;4,26H,5-14H2,1-3H3;2*3,25H,4-13,31H2,1-2H3;4H2,1-3H3/p+1/b17-5+;15-4+;2*14-3+;. The van der Waals surface area contributed by atoms with E-state index in [9.17, 15) is 67.9 Å². The zero-order valence-electron chi connectivity index (χ0n) is 80.3. The molecule has 0 bridgehead atoms. The number of cyclic esters (lactones) is 4. The first-order valence-electron chi connectivity index (χ1n) is 45.6. The molecule has 0 amide bonds. The number of ether oxygens (including phenoxy) is 14. The molecule has 2 unspecified atom stereocenters. The highest BCUT2D eigenvalue weighted by Gasteiger charge is 2.37. The molecular weight excluding hydrogens is 1810 g/mol. The smallest absolute Gasteiger partial charge is 0.342 e. The molecular formula is C96H139N4O30P4+. The van der Waals surface area contributed by atoms with Crippen LogP contribution in [0.15, 0.2) is 46.6 Å². The number of phenolic OH excluding ortho intramolecular Hbond substituents is 4. The normalized spacial score (nSPS) is 16.5. The second kappa shape index (κ2) is 54.8. The van der Waals surface area contributed by atoms with Crippen LogP contribution in [0.25, 0.3) is 0 Å². The number of benzene rings is 4. The van der Waals surface area contributed by atoms with Gasteiger partial charge in [0.25, 0.3) is 0 Å². The van der Waals surface area contributed by atoms with Gasteiger partial charge in [0, 0.05) is 129 Å². The maximum atomic E-state index is 12.2. The van der Waals surface area contributed by atoms with E-state index in [-0.39, 0.29) is 97.2 Å². The molecule has 5 N–H and O–H groups in total. The lowest BCUT2D eigenvalue weighted by Gasteiger charge is -2.26. The summed E-state index contributed by atoms with van der Waals surface area (Å²) in [4.78, 5) is 105. The van der Waals surface area contributed by atoms with Crippen molar-refractivity contribution in [1.29, 1.82) is 0 Å². The lowest BCUT2D eigenvalue weighted by Crippen LogP contribution is -3.14. The van der Waals surface area contributed by atoms with Gasteiger partial charge in [0.15, 0.2) is 0 Å². The molecule has 0 aliphatic carbocycles. The van der Waals surface area contributed by atoms with Gasteiger partial charge in [-0.2, -0.15) is 0 Å². The molecule has 12 rings (SSSR count). The van der Waals surface area contributed by atoms with Gasteiger partial charge in [-0.15, -0.1) is 0 Å². The number of quaternary nitrogens is 1. The van der Waals surface area contributed by atoms with Crippen LogP contribution in [0.4, 0.5) is 0 Å². The van der Waals surface area contributed by atoms with Gasteiger partial charge >= 0.3 is 47.8 Å². The first-order chi connectivity index (χ1) is 63.9. The molecule has 34 nitrogen and oxygen atoms in total. The number of carbonyl (C=O) groups is 8. The second-order valence-corrected chi connectivity index (χ2v) is 42.6. The number of rotatable bonds is 39. The predicted molar refractivity (Wildman–Crippen MR) is 509 cm³/mol. The van der Waals surface area contributed by atoms with E-state index < -0.39 is 38.2 Å². The summed E-state index contributed by atoms with van der Waals surface area (Å²) in [5, 5.41) is 42.8. The molecule has 4 aromatic rings. The van der Waals surface area contributed by atoms with Gasteiger partial charge in [-0.25, -0.2) is 19.2 Å². The third-order valence-corrected chi connectivity index (χ3v) is 27.0. The summed E-state index contributed by atoms with van der Waals surface area (Å²) < 4.78 is 108. The summed E-state index contributed by atoms with van der Waals surface area (Å²) in [6.45, 7) is 41.6. The van der Waals surface area contributed by atoms with E-state index in [2.05, 4.69) is 33.6 Å². The van der Waals surface area contributed by atoms with Gasteiger partial charge in [-0.1, -0.05) is 53.5 Å². The molecule has 4 fully saturated rings. The zero-order valence-corrected chi connectivity index (χ0v) is 84.4. The first-order valence-corrected chi connectivity index (χ1v) is 52.1. The number of nitrogens with zero attached hydrogens (tertiary/aromatic N) is 3. The van der Waals surface area contributed by atoms with Crippen LogP contribution in [0.3, 0.4) is 0 Å². The Morgan fingerprint density at radius 1 is 0.403 bits per heavy atom. The monoisotopic (exact) mass is 1950 g/mol. The summed E-state index contributed by atoms with van der Waals surface area (Å²) in [5.74, 6) is -1.33. The lowest BCUT2D eigenvalue weighted by molar-refractivity contribution is -0.908. The van der Waals surface area contributed by atoms with Crippen molar-refractivity contribution in [2.24, 2.45) is 0 Å². The van der Waals surface area contributed by atoms with Crippen LogP contribution in [0, 0.1) is 27.7 Å². The van der Waals surface area contributed by atoms with E-state index in [1.165, 1.54) is 4.90 Å². The van der Waals surface area contributed by atoms with Crippen molar-refractivity contribution in [2.45, 2.75) is 166 Å². The number of carbonyl (C=O) groups excluding carboxylic acids is 8. The average molecular weight is 1950 g/mol. The fourth-order valence-corrected chi connectivity index (χ4v) is 16.5. The highest BCUT2D eigenvalue weighted by molar-refractivity contribution is 7.62. The van der Waals surface area contributed by atoms with Crippen molar-refractivity contribution in [3.05, 3.63) is 136 Å². The van der Waals surface area contributed by atoms with Crippen LogP contribution < -0.4 is 23.4 Å². The number of aromatic hydroxyl groups is 4. The number of esters is 8. The largest absolute Gasteiger partial charge is 0.507 e. The average Bonchev–Trinajstić information content (AvgIpc) is 1.59. The summed E-state index contributed by atoms with van der Waals surface area (Å²) >= 11 is 0. The van der Waals surface area contributed by atoms with E-state index in [0.29, 0.717) is 192 Å². The number of nitrogens with one attached hydrogen (secondary N) is 1. The van der Waals surface area contributed by atoms with E-state index in [1.807, 2.05) is 65.8 Å². The van der Waals surface area contributed by atoms with Crippen LogP contribution in [-0.4, -0.2) is 287 Å². The van der Waals surface area contributed by atoms with Crippen molar-refractivity contribution in [2.75, 3.05) is 204 Å². The number of hydrogen-bond donors (Lipinski definition) is 5. The minimum Gasteiger partial charge on any atom is -0.507 e. The second-order valence-electron chi connectivity index (χ2n) is 34.9.